The Morgan fingerprint density at radius 3 is 1.80 bits per heavy atom. The average molecular weight is 209 g/mol. The maximum absolute atomic E-state index is 10.3. The first-order valence-electron chi connectivity index (χ1n) is 3.59. The topological polar surface area (TPSA) is 17.1 Å². The number of alkyl halides is 1. The van der Waals surface area contributed by atoms with E-state index in [4.69, 9.17) is 0 Å². The van der Waals surface area contributed by atoms with Crippen molar-refractivity contribution >= 4 is 21.7 Å². The van der Waals surface area contributed by atoms with E-state index in [1.165, 1.54) is 0 Å². The zero-order chi connectivity index (χ0) is 8.57. The largest absolute Gasteiger partial charge is 0.300 e. The first-order valence-corrected chi connectivity index (χ1v) is 4.72. The number of rotatable bonds is 2. The van der Waals surface area contributed by atoms with Crippen molar-refractivity contribution in [2.24, 2.45) is 5.92 Å². The summed E-state index contributed by atoms with van der Waals surface area (Å²) in [4.78, 5) is 10.3. The minimum absolute atomic E-state index is 0.287. The number of Topliss-reactive ketones (excluding diaryl/α,β-unsaturated/α-hetero) is 1. The molecule has 0 aliphatic heterocycles. The van der Waals surface area contributed by atoms with Crippen molar-refractivity contribution in [3.05, 3.63) is 0 Å². The Balaban J connectivity index is 0. The van der Waals surface area contributed by atoms with Crippen LogP contribution in [-0.4, -0.2) is 11.1 Å². The van der Waals surface area contributed by atoms with E-state index in [-0.39, 0.29) is 5.78 Å². The van der Waals surface area contributed by atoms with Gasteiger partial charge in [0.1, 0.15) is 5.78 Å². The molecular weight excluding hydrogens is 192 g/mol. The van der Waals surface area contributed by atoms with Gasteiger partial charge in [0.2, 0.25) is 0 Å². The van der Waals surface area contributed by atoms with E-state index in [2.05, 4.69) is 15.9 Å². The molecule has 0 N–H and O–H groups in total. The smallest absolute Gasteiger partial charge is 0.130 e. The second kappa shape index (κ2) is 9.15. The molecule has 0 rings (SSSR count). The molecule has 10 heavy (non-hydrogen) atoms. The van der Waals surface area contributed by atoms with E-state index in [1.807, 2.05) is 20.8 Å². The lowest BCUT2D eigenvalue weighted by Crippen LogP contribution is -1.95. The van der Waals surface area contributed by atoms with Crippen molar-refractivity contribution in [3.63, 3.8) is 0 Å². The molecule has 0 saturated carbocycles. The summed E-state index contributed by atoms with van der Waals surface area (Å²) in [5.74, 6) is 0.813. The van der Waals surface area contributed by atoms with Gasteiger partial charge in [-0.1, -0.05) is 36.7 Å². The monoisotopic (exact) mass is 208 g/mol. The van der Waals surface area contributed by atoms with Crippen LogP contribution < -0.4 is 0 Å². The number of hydrogen-bond acceptors (Lipinski definition) is 1. The SMILES string of the molecule is CC(=O)CC(C)C.CCBr. The highest BCUT2D eigenvalue weighted by Gasteiger charge is 1.95. The van der Waals surface area contributed by atoms with Gasteiger partial charge in [-0.3, -0.25) is 0 Å². The van der Waals surface area contributed by atoms with E-state index in [1.54, 1.807) is 6.92 Å². The second-order valence-corrected chi connectivity index (χ2v) is 3.69. The fourth-order valence-electron chi connectivity index (χ4n) is 0.575. The molecule has 62 valence electrons. The van der Waals surface area contributed by atoms with Crippen molar-refractivity contribution in [2.75, 3.05) is 5.33 Å². The molecule has 1 nitrogen and oxygen atoms in total. The lowest BCUT2D eigenvalue weighted by Gasteiger charge is -1.95. The number of hydrogen-bond donors (Lipinski definition) is 0. The standard InChI is InChI=1S/C6H12O.C2H5Br/c1-5(2)4-6(3)7;1-2-3/h5H,4H2,1-3H3;2H2,1H3. The van der Waals surface area contributed by atoms with Crippen molar-refractivity contribution < 1.29 is 4.79 Å². The molecule has 0 saturated heterocycles. The molecule has 0 aliphatic carbocycles. The summed E-state index contributed by atoms with van der Waals surface area (Å²) in [6.45, 7) is 7.75. The van der Waals surface area contributed by atoms with E-state index < -0.39 is 0 Å². The summed E-state index contributed by atoms with van der Waals surface area (Å²) in [6, 6.07) is 0. The van der Waals surface area contributed by atoms with Crippen LogP contribution in [0.25, 0.3) is 0 Å². The molecule has 0 aromatic carbocycles. The predicted molar refractivity (Wildman–Crippen MR) is 49.6 cm³/mol. The Bertz CT molecular complexity index is 79.3. The maximum atomic E-state index is 10.3. The second-order valence-electron chi connectivity index (χ2n) is 2.57. The fourth-order valence-corrected chi connectivity index (χ4v) is 0.575. The summed E-state index contributed by atoms with van der Waals surface area (Å²) in [5.41, 5.74) is 0. The van der Waals surface area contributed by atoms with Crippen molar-refractivity contribution in [1.82, 2.24) is 0 Å². The van der Waals surface area contributed by atoms with Crippen LogP contribution in [0, 0.1) is 5.92 Å². The molecule has 0 amide bonds. The van der Waals surface area contributed by atoms with Gasteiger partial charge in [0, 0.05) is 11.8 Å². The van der Waals surface area contributed by atoms with Crippen molar-refractivity contribution in [1.29, 1.82) is 0 Å². The summed E-state index contributed by atoms with van der Waals surface area (Å²) in [7, 11) is 0. The van der Waals surface area contributed by atoms with Gasteiger partial charge in [0.05, 0.1) is 0 Å². The third-order valence-electron chi connectivity index (χ3n) is 0.696. The number of carbonyl (C=O) groups excluding carboxylic acids is 1. The van der Waals surface area contributed by atoms with Gasteiger partial charge in [0.15, 0.2) is 0 Å². The third-order valence-corrected chi connectivity index (χ3v) is 0.696. The number of ketones is 1. The van der Waals surface area contributed by atoms with Crippen LogP contribution in [0.4, 0.5) is 0 Å². The van der Waals surface area contributed by atoms with E-state index in [9.17, 15) is 4.79 Å². The first kappa shape index (κ1) is 12.8. The Morgan fingerprint density at radius 1 is 1.50 bits per heavy atom. The zero-order valence-electron chi connectivity index (χ0n) is 7.28. The fraction of sp³-hybridized carbons (Fsp3) is 0.875. The van der Waals surface area contributed by atoms with Gasteiger partial charge in [-0.25, -0.2) is 0 Å². The van der Waals surface area contributed by atoms with Crippen LogP contribution >= 0.6 is 15.9 Å². The zero-order valence-corrected chi connectivity index (χ0v) is 8.86. The van der Waals surface area contributed by atoms with Crippen LogP contribution in [0.5, 0.6) is 0 Å². The highest BCUT2D eigenvalue weighted by Crippen LogP contribution is 1.97. The molecule has 0 aromatic heterocycles. The van der Waals surface area contributed by atoms with Crippen LogP contribution in [0.15, 0.2) is 0 Å². The lowest BCUT2D eigenvalue weighted by atomic mass is 10.1. The highest BCUT2D eigenvalue weighted by molar-refractivity contribution is 9.09. The predicted octanol–water partition coefficient (Wildman–Crippen LogP) is 3.02. The first-order chi connectivity index (χ1) is 4.54. The molecule has 0 heterocycles. The minimum atomic E-state index is 0.287. The van der Waals surface area contributed by atoms with Gasteiger partial charge in [-0.2, -0.15) is 0 Å². The lowest BCUT2D eigenvalue weighted by molar-refractivity contribution is -0.117. The Morgan fingerprint density at radius 2 is 1.80 bits per heavy atom. The van der Waals surface area contributed by atoms with Gasteiger partial charge in [0.25, 0.3) is 0 Å². The third kappa shape index (κ3) is 24.2. The molecular formula is C8H17BrO. The molecule has 0 bridgehead atoms. The van der Waals surface area contributed by atoms with E-state index in [0.29, 0.717) is 5.92 Å². The molecule has 0 radical (unpaired) electrons. The van der Waals surface area contributed by atoms with Crippen molar-refractivity contribution in [2.45, 2.75) is 34.1 Å². The quantitative estimate of drug-likeness (QED) is 0.639. The average Bonchev–Trinajstić information content (AvgIpc) is 1.62. The molecule has 0 spiro atoms. The minimum Gasteiger partial charge on any atom is -0.300 e. The van der Waals surface area contributed by atoms with E-state index in [0.717, 1.165) is 11.8 Å². The summed E-state index contributed by atoms with van der Waals surface area (Å²) < 4.78 is 0. The maximum Gasteiger partial charge on any atom is 0.130 e. The van der Waals surface area contributed by atoms with E-state index >= 15 is 0 Å². The Labute approximate surface area is 72.3 Å². The van der Waals surface area contributed by atoms with Crippen LogP contribution in [-0.2, 0) is 4.79 Å². The van der Waals surface area contributed by atoms with Crippen molar-refractivity contribution in [3.8, 4) is 0 Å². The molecule has 0 aromatic rings. The molecule has 0 unspecified atom stereocenters. The molecule has 0 fully saturated rings. The Hall–Kier alpha value is 0.150. The van der Waals surface area contributed by atoms with Crippen LogP contribution in [0.3, 0.4) is 0 Å². The summed E-state index contributed by atoms with van der Waals surface area (Å²) in [6.07, 6.45) is 0.722. The molecule has 0 atom stereocenters. The molecule has 2 heteroatoms. The number of halogens is 1. The normalized spacial score (nSPS) is 8.60. The Kier molecular flexibility index (Phi) is 11.7. The van der Waals surface area contributed by atoms with Crippen LogP contribution in [0.1, 0.15) is 34.1 Å². The number of carbonyl (C=O) groups is 1. The van der Waals surface area contributed by atoms with Gasteiger partial charge >= 0.3 is 0 Å². The summed E-state index contributed by atoms with van der Waals surface area (Å²) >= 11 is 3.15. The molecule has 0 aliphatic rings. The van der Waals surface area contributed by atoms with Gasteiger partial charge < -0.3 is 4.79 Å². The van der Waals surface area contributed by atoms with Gasteiger partial charge in [-0.15, -0.1) is 0 Å². The van der Waals surface area contributed by atoms with Crippen LogP contribution in [0.2, 0.25) is 0 Å². The highest BCUT2D eigenvalue weighted by atomic mass is 79.9. The van der Waals surface area contributed by atoms with Gasteiger partial charge in [-0.05, 0) is 12.8 Å². The summed E-state index contributed by atoms with van der Waals surface area (Å²) in [5, 5.41) is 1.06.